The molecule has 2 nitrogen and oxygen atoms in total. The molecule has 104 valence electrons. The number of hydrogen-bond acceptors (Lipinski definition) is 2. The van der Waals surface area contributed by atoms with Crippen molar-refractivity contribution in [3.63, 3.8) is 0 Å². The summed E-state index contributed by atoms with van der Waals surface area (Å²) in [7, 11) is 0. The van der Waals surface area contributed by atoms with E-state index in [9.17, 15) is 0 Å². The van der Waals surface area contributed by atoms with Crippen molar-refractivity contribution in [1.82, 2.24) is 0 Å². The van der Waals surface area contributed by atoms with Gasteiger partial charge in [0.15, 0.2) is 0 Å². The number of hydrogen-bond donors (Lipinski definition) is 2. The molecule has 2 heteroatoms. The third-order valence-electron chi connectivity index (χ3n) is 3.18. The Hall–Kier alpha value is -2.22. The summed E-state index contributed by atoms with van der Waals surface area (Å²) in [4.78, 5) is 0. The fourth-order valence-electron chi connectivity index (χ4n) is 2.14. The molecule has 0 heterocycles. The van der Waals surface area contributed by atoms with E-state index < -0.39 is 0 Å². The Labute approximate surface area is 121 Å². The van der Waals surface area contributed by atoms with Crippen LogP contribution in [-0.2, 0) is 0 Å². The van der Waals surface area contributed by atoms with Crippen molar-refractivity contribution in [2.24, 2.45) is 0 Å². The summed E-state index contributed by atoms with van der Waals surface area (Å²) < 4.78 is 0. The highest BCUT2D eigenvalue weighted by Gasteiger charge is 2.02. The molecule has 0 saturated carbocycles. The summed E-state index contributed by atoms with van der Waals surface area (Å²) in [6.45, 7) is 5.18. The van der Waals surface area contributed by atoms with Crippen LogP contribution in [0.25, 0.3) is 12.2 Å². The smallest absolute Gasteiger partial charge is 0.0647 e. The van der Waals surface area contributed by atoms with Crippen molar-refractivity contribution in [2.45, 2.75) is 20.3 Å². The minimum absolute atomic E-state index is 0.796. The third-order valence-corrected chi connectivity index (χ3v) is 3.18. The average molecular weight is 266 g/mol. The molecule has 3 N–H and O–H groups in total. The van der Waals surface area contributed by atoms with Gasteiger partial charge in [-0.05, 0) is 30.5 Å². The Kier molecular flexibility index (Phi) is 4.83. The van der Waals surface area contributed by atoms with Crippen LogP contribution in [0.4, 0.5) is 11.4 Å². The minimum Gasteiger partial charge on any atom is -0.397 e. The lowest BCUT2D eigenvalue weighted by molar-refractivity contribution is 0.980. The molecular weight excluding hydrogens is 244 g/mol. The third kappa shape index (κ3) is 3.64. The fraction of sp³-hybridized carbons (Fsp3) is 0.222. The highest BCUT2D eigenvalue weighted by Crippen LogP contribution is 2.25. The molecule has 0 aliphatic carbocycles. The molecule has 0 unspecified atom stereocenters. The molecule has 0 amide bonds. The van der Waals surface area contributed by atoms with Crippen LogP contribution in [0.1, 0.15) is 30.0 Å². The number of benzene rings is 2. The molecule has 20 heavy (non-hydrogen) atoms. The van der Waals surface area contributed by atoms with Gasteiger partial charge in [0, 0.05) is 6.54 Å². The van der Waals surface area contributed by atoms with Crippen molar-refractivity contribution in [3.8, 4) is 0 Å². The summed E-state index contributed by atoms with van der Waals surface area (Å²) >= 11 is 0. The Bertz CT molecular complexity index is 600. The summed E-state index contributed by atoms with van der Waals surface area (Å²) in [5, 5.41) is 3.40. The van der Waals surface area contributed by atoms with Crippen LogP contribution in [0.3, 0.4) is 0 Å². The van der Waals surface area contributed by atoms with Gasteiger partial charge >= 0.3 is 0 Å². The van der Waals surface area contributed by atoms with E-state index in [0.717, 1.165) is 29.9 Å². The van der Waals surface area contributed by atoms with Crippen molar-refractivity contribution >= 4 is 23.5 Å². The maximum Gasteiger partial charge on any atom is 0.0647 e. The van der Waals surface area contributed by atoms with Crippen LogP contribution < -0.4 is 11.1 Å². The number of aryl methyl sites for hydroxylation is 1. The monoisotopic (exact) mass is 266 g/mol. The fourth-order valence-corrected chi connectivity index (χ4v) is 2.14. The number of nitrogens with two attached hydrogens (primary N) is 1. The van der Waals surface area contributed by atoms with Crippen molar-refractivity contribution < 1.29 is 0 Å². The summed E-state index contributed by atoms with van der Waals surface area (Å²) in [5.41, 5.74) is 11.5. The maximum absolute atomic E-state index is 6.06. The number of nitrogen functional groups attached to an aromatic ring is 1. The van der Waals surface area contributed by atoms with Gasteiger partial charge in [0.2, 0.25) is 0 Å². The van der Waals surface area contributed by atoms with Crippen molar-refractivity contribution in [2.75, 3.05) is 17.6 Å². The molecule has 0 fully saturated rings. The molecular formula is C18H22N2. The normalized spacial score (nSPS) is 10.9. The second kappa shape index (κ2) is 6.80. The van der Waals surface area contributed by atoms with Gasteiger partial charge in [0.25, 0.3) is 0 Å². The Morgan fingerprint density at radius 1 is 1.10 bits per heavy atom. The Balaban J connectivity index is 2.26. The van der Waals surface area contributed by atoms with Crippen molar-refractivity contribution in [3.05, 3.63) is 59.2 Å². The van der Waals surface area contributed by atoms with E-state index in [1.807, 2.05) is 12.1 Å². The molecule has 0 spiro atoms. The SMILES string of the molecule is CCCNc1c(N)cccc1/C=C/c1cccc(C)c1. The van der Waals surface area contributed by atoms with Gasteiger partial charge in [0.05, 0.1) is 11.4 Å². The van der Waals surface area contributed by atoms with Crippen LogP contribution in [-0.4, -0.2) is 6.54 Å². The first-order chi connectivity index (χ1) is 9.70. The Morgan fingerprint density at radius 3 is 2.65 bits per heavy atom. The minimum atomic E-state index is 0.796. The van der Waals surface area contributed by atoms with Crippen molar-refractivity contribution in [1.29, 1.82) is 0 Å². The van der Waals surface area contributed by atoms with Gasteiger partial charge in [-0.2, -0.15) is 0 Å². The first-order valence-corrected chi connectivity index (χ1v) is 7.08. The Morgan fingerprint density at radius 2 is 1.90 bits per heavy atom. The van der Waals surface area contributed by atoms with Crippen LogP contribution >= 0.6 is 0 Å². The molecule has 0 saturated heterocycles. The van der Waals surface area contributed by atoms with Gasteiger partial charge in [-0.1, -0.05) is 61.0 Å². The number of anilines is 2. The molecule has 2 rings (SSSR count). The average Bonchev–Trinajstić information content (AvgIpc) is 2.44. The first kappa shape index (κ1) is 14.2. The molecule has 2 aromatic rings. The summed E-state index contributed by atoms with van der Waals surface area (Å²) in [6.07, 6.45) is 5.32. The molecule has 2 aromatic carbocycles. The largest absolute Gasteiger partial charge is 0.397 e. The lowest BCUT2D eigenvalue weighted by Crippen LogP contribution is -2.04. The van der Waals surface area contributed by atoms with Gasteiger partial charge in [0.1, 0.15) is 0 Å². The van der Waals surface area contributed by atoms with Gasteiger partial charge in [-0.25, -0.2) is 0 Å². The molecule has 0 aliphatic heterocycles. The second-order valence-electron chi connectivity index (χ2n) is 4.99. The van der Waals surface area contributed by atoms with Gasteiger partial charge in [-0.15, -0.1) is 0 Å². The van der Waals surface area contributed by atoms with Crippen LogP contribution in [0.15, 0.2) is 42.5 Å². The van der Waals surface area contributed by atoms with Crippen LogP contribution in [0.2, 0.25) is 0 Å². The van der Waals surface area contributed by atoms with E-state index in [1.165, 1.54) is 11.1 Å². The highest BCUT2D eigenvalue weighted by molar-refractivity contribution is 5.83. The van der Waals surface area contributed by atoms with Gasteiger partial charge in [-0.3, -0.25) is 0 Å². The molecule has 0 atom stereocenters. The quantitative estimate of drug-likeness (QED) is 0.614. The molecule has 0 bridgehead atoms. The lowest BCUT2D eigenvalue weighted by Gasteiger charge is -2.11. The first-order valence-electron chi connectivity index (χ1n) is 7.08. The van der Waals surface area contributed by atoms with E-state index in [2.05, 4.69) is 61.6 Å². The lowest BCUT2D eigenvalue weighted by atomic mass is 10.1. The van der Waals surface area contributed by atoms with E-state index in [-0.39, 0.29) is 0 Å². The number of rotatable bonds is 5. The topological polar surface area (TPSA) is 38.0 Å². The van der Waals surface area contributed by atoms with Crippen LogP contribution in [0, 0.1) is 6.92 Å². The summed E-state index contributed by atoms with van der Waals surface area (Å²) in [5.74, 6) is 0. The van der Waals surface area contributed by atoms with Gasteiger partial charge < -0.3 is 11.1 Å². The zero-order chi connectivity index (χ0) is 14.4. The second-order valence-corrected chi connectivity index (χ2v) is 4.99. The van der Waals surface area contributed by atoms with E-state index >= 15 is 0 Å². The molecule has 0 aliphatic rings. The predicted octanol–water partition coefficient (Wildman–Crippen LogP) is 4.57. The van der Waals surface area contributed by atoms with Crippen LogP contribution in [0.5, 0.6) is 0 Å². The molecule has 0 aromatic heterocycles. The zero-order valence-corrected chi connectivity index (χ0v) is 12.2. The zero-order valence-electron chi connectivity index (χ0n) is 12.2. The number of nitrogens with one attached hydrogen (secondary N) is 1. The van der Waals surface area contributed by atoms with E-state index in [0.29, 0.717) is 0 Å². The summed E-state index contributed by atoms with van der Waals surface area (Å²) in [6, 6.07) is 14.5. The van der Waals surface area contributed by atoms with E-state index in [4.69, 9.17) is 5.73 Å². The predicted molar refractivity (Wildman–Crippen MR) is 89.7 cm³/mol. The van der Waals surface area contributed by atoms with E-state index in [1.54, 1.807) is 0 Å². The number of para-hydroxylation sites is 1. The standard InChI is InChI=1S/C18H22N2/c1-3-12-20-18-16(8-5-9-17(18)19)11-10-15-7-4-6-14(2)13-15/h4-11,13,20H,3,12,19H2,1-2H3/b11-10+. The highest BCUT2D eigenvalue weighted by atomic mass is 14.9. The maximum atomic E-state index is 6.06. The molecule has 0 radical (unpaired) electrons.